The molecule has 0 saturated carbocycles. The van der Waals surface area contributed by atoms with E-state index >= 15 is 0 Å². The Balaban J connectivity index is 2.98. The molecule has 0 aliphatic heterocycles. The Kier molecular flexibility index (Phi) is 3.33. The molecule has 0 aliphatic rings. The van der Waals surface area contributed by atoms with E-state index in [0.717, 1.165) is 0 Å². The summed E-state index contributed by atoms with van der Waals surface area (Å²) in [6.45, 7) is 0.136. The van der Waals surface area contributed by atoms with E-state index in [1.807, 2.05) is 0 Å². The highest BCUT2D eigenvalue weighted by Gasteiger charge is 2.05. The maximum atomic E-state index is 10.1. The lowest BCUT2D eigenvalue weighted by atomic mass is 10.1. The number of aldehydes is 1. The molecule has 0 spiro atoms. The molecule has 0 aliphatic carbocycles. The van der Waals surface area contributed by atoms with Gasteiger partial charge in [0.05, 0.1) is 18.4 Å². The van der Waals surface area contributed by atoms with Crippen molar-refractivity contribution >= 4 is 17.7 Å². The number of carbonyl (C=O) groups excluding carboxylic acids is 1. The highest BCUT2D eigenvalue weighted by molar-refractivity contribution is 6.12. The van der Waals surface area contributed by atoms with Crippen LogP contribution >= 0.6 is 0 Å². The second kappa shape index (κ2) is 4.72. The lowest BCUT2D eigenvalue weighted by Gasteiger charge is -2.05. The fourth-order valence-corrected chi connectivity index (χ4v) is 0.965. The first-order valence-corrected chi connectivity index (χ1v) is 3.90. The number of nitrogens with zero attached hydrogens (tertiary/aromatic N) is 2. The summed E-state index contributed by atoms with van der Waals surface area (Å²) in [5.41, 5.74) is 0.816. The topological polar surface area (TPSA) is 89.6 Å². The second-order valence-corrected chi connectivity index (χ2v) is 2.46. The summed E-state index contributed by atoms with van der Waals surface area (Å²) >= 11 is 0. The predicted molar refractivity (Wildman–Crippen MR) is 51.2 cm³/mol. The standard InChI is InChI=1S/C9H8N4O/c10-5-8(11)7-1-2-12-6-9(7)13-3-4-14/h1-2,4,6,11,13H,3H2. The fourth-order valence-electron chi connectivity index (χ4n) is 0.965. The Labute approximate surface area is 80.9 Å². The molecule has 0 amide bonds. The number of hydrogen-bond acceptors (Lipinski definition) is 5. The third kappa shape index (κ3) is 2.14. The Morgan fingerprint density at radius 2 is 2.57 bits per heavy atom. The van der Waals surface area contributed by atoms with E-state index in [1.54, 1.807) is 12.1 Å². The van der Waals surface area contributed by atoms with Crippen molar-refractivity contribution < 1.29 is 4.79 Å². The van der Waals surface area contributed by atoms with Crippen LogP contribution in [0.3, 0.4) is 0 Å². The van der Waals surface area contributed by atoms with Gasteiger partial charge in [-0.2, -0.15) is 5.26 Å². The van der Waals surface area contributed by atoms with E-state index in [-0.39, 0.29) is 12.3 Å². The predicted octanol–water partition coefficient (Wildman–Crippen LogP) is 0.584. The SMILES string of the molecule is N#CC(=N)c1ccncc1NCC=O. The summed E-state index contributed by atoms with van der Waals surface area (Å²) in [6.07, 6.45) is 3.67. The zero-order valence-electron chi connectivity index (χ0n) is 7.32. The van der Waals surface area contributed by atoms with Crippen LogP contribution in [0.1, 0.15) is 5.56 Å². The number of hydrogen-bond donors (Lipinski definition) is 2. The molecule has 5 nitrogen and oxygen atoms in total. The highest BCUT2D eigenvalue weighted by atomic mass is 16.1. The summed E-state index contributed by atoms with van der Waals surface area (Å²) in [4.78, 5) is 14.0. The van der Waals surface area contributed by atoms with Crippen LogP contribution in [0.2, 0.25) is 0 Å². The molecular weight excluding hydrogens is 180 g/mol. The third-order valence-corrected chi connectivity index (χ3v) is 1.58. The quantitative estimate of drug-likeness (QED) is 0.534. The van der Waals surface area contributed by atoms with Crippen LogP contribution in [0.5, 0.6) is 0 Å². The van der Waals surface area contributed by atoms with Gasteiger partial charge in [0.15, 0.2) is 0 Å². The van der Waals surface area contributed by atoms with Crippen molar-refractivity contribution in [3.8, 4) is 6.07 Å². The molecule has 1 aromatic rings. The first-order chi connectivity index (χ1) is 6.79. The molecule has 0 fully saturated rings. The molecular formula is C9H8N4O. The average Bonchev–Trinajstić information content (AvgIpc) is 2.25. The molecule has 1 aromatic heterocycles. The highest BCUT2D eigenvalue weighted by Crippen LogP contribution is 2.12. The van der Waals surface area contributed by atoms with Crippen molar-refractivity contribution in [3.63, 3.8) is 0 Å². The van der Waals surface area contributed by atoms with Crippen LogP contribution in [-0.4, -0.2) is 23.5 Å². The third-order valence-electron chi connectivity index (χ3n) is 1.58. The fraction of sp³-hybridized carbons (Fsp3) is 0.111. The van der Waals surface area contributed by atoms with Gasteiger partial charge in [-0.1, -0.05) is 0 Å². The van der Waals surface area contributed by atoms with E-state index in [9.17, 15) is 4.79 Å². The van der Waals surface area contributed by atoms with E-state index in [1.165, 1.54) is 12.4 Å². The van der Waals surface area contributed by atoms with Crippen LogP contribution in [0, 0.1) is 16.7 Å². The van der Waals surface area contributed by atoms with Gasteiger partial charge in [0.25, 0.3) is 0 Å². The van der Waals surface area contributed by atoms with E-state index in [0.29, 0.717) is 17.5 Å². The molecule has 1 rings (SSSR count). The normalized spacial score (nSPS) is 8.79. The van der Waals surface area contributed by atoms with Crippen molar-refractivity contribution in [2.75, 3.05) is 11.9 Å². The van der Waals surface area contributed by atoms with E-state index in [2.05, 4.69) is 10.3 Å². The van der Waals surface area contributed by atoms with E-state index < -0.39 is 0 Å². The van der Waals surface area contributed by atoms with Crippen LogP contribution < -0.4 is 5.32 Å². The van der Waals surface area contributed by atoms with Crippen molar-refractivity contribution in [2.45, 2.75) is 0 Å². The Morgan fingerprint density at radius 1 is 1.79 bits per heavy atom. The first-order valence-electron chi connectivity index (χ1n) is 3.90. The number of nitrogens with one attached hydrogen (secondary N) is 2. The minimum atomic E-state index is -0.152. The Morgan fingerprint density at radius 3 is 3.21 bits per heavy atom. The molecule has 0 atom stereocenters. The second-order valence-electron chi connectivity index (χ2n) is 2.46. The summed E-state index contributed by atoms with van der Waals surface area (Å²) in [6, 6.07) is 3.28. The zero-order chi connectivity index (χ0) is 10.4. The van der Waals surface area contributed by atoms with Gasteiger partial charge in [-0.25, -0.2) is 0 Å². The monoisotopic (exact) mass is 188 g/mol. The number of aromatic nitrogens is 1. The number of carbonyl (C=O) groups is 1. The zero-order valence-corrected chi connectivity index (χ0v) is 7.32. The molecule has 14 heavy (non-hydrogen) atoms. The molecule has 2 N–H and O–H groups in total. The number of rotatable bonds is 4. The molecule has 0 unspecified atom stereocenters. The lowest BCUT2D eigenvalue weighted by molar-refractivity contribution is -0.106. The minimum Gasteiger partial charge on any atom is -0.376 e. The molecule has 1 heterocycles. The molecule has 70 valence electrons. The minimum absolute atomic E-state index is 0.136. The number of anilines is 1. The molecule has 0 radical (unpaired) electrons. The molecule has 0 bridgehead atoms. The maximum Gasteiger partial charge on any atom is 0.141 e. The van der Waals surface area contributed by atoms with E-state index in [4.69, 9.17) is 10.7 Å². The summed E-state index contributed by atoms with van der Waals surface area (Å²) < 4.78 is 0. The van der Waals surface area contributed by atoms with Crippen LogP contribution in [0.15, 0.2) is 18.5 Å². The van der Waals surface area contributed by atoms with Gasteiger partial charge in [-0.3, -0.25) is 10.4 Å². The number of nitriles is 1. The first kappa shape index (κ1) is 9.86. The van der Waals surface area contributed by atoms with Gasteiger partial charge >= 0.3 is 0 Å². The maximum absolute atomic E-state index is 10.1. The van der Waals surface area contributed by atoms with Crippen LogP contribution in [0.25, 0.3) is 0 Å². The summed E-state index contributed by atoms with van der Waals surface area (Å²) in [5.74, 6) is 0. The Bertz CT molecular complexity index is 394. The average molecular weight is 188 g/mol. The molecule has 0 saturated heterocycles. The van der Waals surface area contributed by atoms with Gasteiger partial charge in [-0.15, -0.1) is 0 Å². The van der Waals surface area contributed by atoms with Crippen LogP contribution in [0.4, 0.5) is 5.69 Å². The molecule has 0 aromatic carbocycles. The van der Waals surface area contributed by atoms with Gasteiger partial charge < -0.3 is 10.1 Å². The lowest BCUT2D eigenvalue weighted by Crippen LogP contribution is -2.07. The largest absolute Gasteiger partial charge is 0.376 e. The van der Waals surface area contributed by atoms with Gasteiger partial charge in [-0.05, 0) is 6.07 Å². The van der Waals surface area contributed by atoms with Gasteiger partial charge in [0.2, 0.25) is 0 Å². The van der Waals surface area contributed by atoms with Crippen LogP contribution in [-0.2, 0) is 4.79 Å². The van der Waals surface area contributed by atoms with Crippen molar-refractivity contribution in [3.05, 3.63) is 24.0 Å². The number of pyridine rings is 1. The summed E-state index contributed by atoms with van der Waals surface area (Å²) in [5, 5.41) is 18.6. The van der Waals surface area contributed by atoms with Crippen molar-refractivity contribution in [1.82, 2.24) is 4.98 Å². The van der Waals surface area contributed by atoms with Crippen molar-refractivity contribution in [1.29, 1.82) is 10.7 Å². The van der Waals surface area contributed by atoms with Gasteiger partial charge in [0.1, 0.15) is 18.1 Å². The summed E-state index contributed by atoms with van der Waals surface area (Å²) in [7, 11) is 0. The Hall–Kier alpha value is -2.22. The smallest absolute Gasteiger partial charge is 0.141 e. The molecule has 5 heteroatoms. The van der Waals surface area contributed by atoms with Crippen molar-refractivity contribution in [2.24, 2.45) is 0 Å². The van der Waals surface area contributed by atoms with Gasteiger partial charge in [0, 0.05) is 11.8 Å².